The van der Waals surface area contributed by atoms with Crippen molar-refractivity contribution in [1.82, 2.24) is 5.32 Å². The second-order valence-electron chi connectivity index (χ2n) is 6.67. The van der Waals surface area contributed by atoms with E-state index in [2.05, 4.69) is 23.2 Å². The predicted octanol–water partition coefficient (Wildman–Crippen LogP) is 4.27. The Bertz CT molecular complexity index is 486. The van der Waals surface area contributed by atoms with Crippen LogP contribution in [0.4, 0.5) is 10.1 Å². The van der Waals surface area contributed by atoms with E-state index in [1.54, 1.807) is 6.07 Å². The molecule has 0 aromatic heterocycles. The van der Waals surface area contributed by atoms with Crippen molar-refractivity contribution in [3.8, 4) is 0 Å². The van der Waals surface area contributed by atoms with Crippen LogP contribution in [0.2, 0.25) is 0 Å². The van der Waals surface area contributed by atoms with Gasteiger partial charge in [0.25, 0.3) is 0 Å². The number of benzene rings is 1. The molecule has 21 heavy (non-hydrogen) atoms. The molecule has 0 amide bonds. The normalized spacial score (nSPS) is 27.3. The molecule has 1 saturated heterocycles. The van der Waals surface area contributed by atoms with Gasteiger partial charge in [0.2, 0.25) is 0 Å². The Hall–Kier alpha value is -1.09. The first kappa shape index (κ1) is 14.8. The number of hydrogen-bond acceptors (Lipinski definition) is 2. The first-order valence-corrected chi connectivity index (χ1v) is 8.44. The molecule has 2 fully saturated rings. The molecule has 1 aliphatic carbocycles. The number of nitrogens with one attached hydrogen (secondary N) is 1. The molecule has 2 aliphatic rings. The maximum Gasteiger partial charge on any atom is 0.146 e. The van der Waals surface area contributed by atoms with E-state index in [0.717, 1.165) is 23.7 Å². The summed E-state index contributed by atoms with van der Waals surface area (Å²) in [7, 11) is 1.91. The number of anilines is 1. The quantitative estimate of drug-likeness (QED) is 0.894. The van der Waals surface area contributed by atoms with Crippen molar-refractivity contribution in [2.45, 2.75) is 57.5 Å². The molecule has 3 atom stereocenters. The first-order valence-electron chi connectivity index (χ1n) is 8.44. The lowest BCUT2D eigenvalue weighted by Crippen LogP contribution is -2.47. The molecule has 116 valence electrons. The molecule has 2 nitrogen and oxygen atoms in total. The van der Waals surface area contributed by atoms with E-state index >= 15 is 0 Å². The topological polar surface area (TPSA) is 15.3 Å². The van der Waals surface area contributed by atoms with E-state index in [9.17, 15) is 4.39 Å². The summed E-state index contributed by atoms with van der Waals surface area (Å²) in [4.78, 5) is 2.36. The van der Waals surface area contributed by atoms with Gasteiger partial charge in [-0.05, 0) is 63.3 Å². The first-order chi connectivity index (χ1) is 10.2. The van der Waals surface area contributed by atoms with Gasteiger partial charge in [0.15, 0.2) is 0 Å². The summed E-state index contributed by atoms with van der Waals surface area (Å²) in [5.74, 6) is 0.726. The SMILES string of the molecule is CNC(C)c1ccc(N2CCCC3CCCCC32)c(F)c1. The molecule has 1 heterocycles. The largest absolute Gasteiger partial charge is 0.366 e. The molecular formula is C18H27FN2. The van der Waals surface area contributed by atoms with Gasteiger partial charge in [0.05, 0.1) is 5.69 Å². The van der Waals surface area contributed by atoms with Gasteiger partial charge in [-0.2, -0.15) is 0 Å². The van der Waals surface area contributed by atoms with Crippen molar-refractivity contribution >= 4 is 5.69 Å². The van der Waals surface area contributed by atoms with E-state index in [0.29, 0.717) is 6.04 Å². The smallest absolute Gasteiger partial charge is 0.146 e. The Balaban J connectivity index is 1.85. The van der Waals surface area contributed by atoms with Crippen molar-refractivity contribution in [2.75, 3.05) is 18.5 Å². The minimum atomic E-state index is -0.0548. The Morgan fingerprint density at radius 1 is 1.19 bits per heavy atom. The van der Waals surface area contributed by atoms with Crippen molar-refractivity contribution in [3.05, 3.63) is 29.6 Å². The second-order valence-corrected chi connectivity index (χ2v) is 6.67. The van der Waals surface area contributed by atoms with Gasteiger partial charge in [-0.3, -0.25) is 0 Å². The molecule has 1 aromatic rings. The number of rotatable bonds is 3. The van der Waals surface area contributed by atoms with Crippen LogP contribution in [0.5, 0.6) is 0 Å². The third-order valence-corrected chi connectivity index (χ3v) is 5.46. The lowest BCUT2D eigenvalue weighted by atomic mass is 9.78. The van der Waals surface area contributed by atoms with Crippen LogP contribution in [0, 0.1) is 11.7 Å². The third kappa shape index (κ3) is 2.94. The Labute approximate surface area is 127 Å². The summed E-state index contributed by atoms with van der Waals surface area (Å²) in [5.41, 5.74) is 1.84. The molecule has 1 saturated carbocycles. The number of piperidine rings is 1. The van der Waals surface area contributed by atoms with Gasteiger partial charge < -0.3 is 10.2 Å². The highest BCUT2D eigenvalue weighted by atomic mass is 19.1. The minimum absolute atomic E-state index is 0.0548. The predicted molar refractivity (Wildman–Crippen MR) is 86.2 cm³/mol. The van der Waals surface area contributed by atoms with Crippen molar-refractivity contribution in [1.29, 1.82) is 0 Å². The molecule has 3 heteroatoms. The fraction of sp³-hybridized carbons (Fsp3) is 0.667. The summed E-state index contributed by atoms with van der Waals surface area (Å²) in [5, 5.41) is 3.17. The molecule has 3 rings (SSSR count). The lowest BCUT2D eigenvalue weighted by molar-refractivity contribution is 0.242. The van der Waals surface area contributed by atoms with Crippen LogP contribution < -0.4 is 10.2 Å². The highest BCUT2D eigenvalue weighted by Gasteiger charge is 2.34. The van der Waals surface area contributed by atoms with E-state index in [1.807, 2.05) is 13.1 Å². The highest BCUT2D eigenvalue weighted by Crippen LogP contribution is 2.38. The van der Waals surface area contributed by atoms with Crippen LogP contribution in [-0.2, 0) is 0 Å². The van der Waals surface area contributed by atoms with Gasteiger partial charge >= 0.3 is 0 Å². The molecule has 3 unspecified atom stereocenters. The number of fused-ring (bicyclic) bond motifs is 1. The Kier molecular flexibility index (Phi) is 4.48. The standard InChI is InChI=1S/C18H27FN2/c1-13(20-2)15-9-10-18(16(19)12-15)21-11-5-7-14-6-3-4-8-17(14)21/h9-10,12-14,17,20H,3-8,11H2,1-2H3. The van der Waals surface area contributed by atoms with Gasteiger partial charge in [0.1, 0.15) is 5.82 Å². The second kappa shape index (κ2) is 6.35. The summed E-state index contributed by atoms with van der Waals surface area (Å²) in [6, 6.07) is 6.54. The average Bonchev–Trinajstić information content (AvgIpc) is 2.53. The van der Waals surface area contributed by atoms with Crippen LogP contribution in [-0.4, -0.2) is 19.6 Å². The van der Waals surface area contributed by atoms with Crippen molar-refractivity contribution < 1.29 is 4.39 Å². The zero-order valence-electron chi connectivity index (χ0n) is 13.2. The van der Waals surface area contributed by atoms with Crippen molar-refractivity contribution in [3.63, 3.8) is 0 Å². The molecule has 1 aromatic carbocycles. The van der Waals surface area contributed by atoms with Crippen LogP contribution in [0.1, 0.15) is 57.1 Å². The fourth-order valence-electron chi connectivity index (χ4n) is 4.12. The van der Waals surface area contributed by atoms with Crippen LogP contribution in [0.15, 0.2) is 18.2 Å². The summed E-state index contributed by atoms with van der Waals surface area (Å²) in [6.45, 7) is 3.07. The zero-order chi connectivity index (χ0) is 14.8. The van der Waals surface area contributed by atoms with E-state index < -0.39 is 0 Å². The maximum absolute atomic E-state index is 14.6. The number of nitrogens with zero attached hydrogens (tertiary/aromatic N) is 1. The van der Waals surface area contributed by atoms with Gasteiger partial charge in [-0.1, -0.05) is 18.9 Å². The van der Waals surface area contributed by atoms with Crippen LogP contribution in [0.3, 0.4) is 0 Å². The average molecular weight is 290 g/mol. The molecular weight excluding hydrogens is 263 g/mol. The maximum atomic E-state index is 14.6. The van der Waals surface area contributed by atoms with Gasteiger partial charge in [0, 0.05) is 18.6 Å². The Morgan fingerprint density at radius 2 is 1.95 bits per heavy atom. The van der Waals surface area contributed by atoms with E-state index in [1.165, 1.54) is 38.5 Å². The number of halogens is 1. The summed E-state index contributed by atoms with van der Waals surface area (Å²) < 4.78 is 14.6. The van der Waals surface area contributed by atoms with E-state index in [4.69, 9.17) is 0 Å². The van der Waals surface area contributed by atoms with E-state index in [-0.39, 0.29) is 11.9 Å². The molecule has 0 bridgehead atoms. The van der Waals surface area contributed by atoms with Crippen molar-refractivity contribution in [2.24, 2.45) is 5.92 Å². The number of hydrogen-bond donors (Lipinski definition) is 1. The summed E-state index contributed by atoms with van der Waals surface area (Å²) in [6.07, 6.45) is 7.76. The highest BCUT2D eigenvalue weighted by molar-refractivity contribution is 5.51. The Morgan fingerprint density at radius 3 is 2.71 bits per heavy atom. The molecule has 1 aliphatic heterocycles. The molecule has 1 N–H and O–H groups in total. The summed E-state index contributed by atoms with van der Waals surface area (Å²) >= 11 is 0. The van der Waals surface area contributed by atoms with Crippen LogP contribution in [0.25, 0.3) is 0 Å². The lowest BCUT2D eigenvalue weighted by Gasteiger charge is -2.45. The fourth-order valence-corrected chi connectivity index (χ4v) is 4.12. The third-order valence-electron chi connectivity index (χ3n) is 5.46. The monoisotopic (exact) mass is 290 g/mol. The van der Waals surface area contributed by atoms with Crippen LogP contribution >= 0.6 is 0 Å². The molecule has 0 spiro atoms. The zero-order valence-corrected chi connectivity index (χ0v) is 13.2. The molecule has 0 radical (unpaired) electrons. The van der Waals surface area contributed by atoms with Gasteiger partial charge in [-0.15, -0.1) is 0 Å². The van der Waals surface area contributed by atoms with Gasteiger partial charge in [-0.25, -0.2) is 4.39 Å². The minimum Gasteiger partial charge on any atom is -0.366 e.